The number of carbonyl (C=O) groups excluding carboxylic acids is 2. The van der Waals surface area contributed by atoms with Crippen molar-refractivity contribution in [3.63, 3.8) is 0 Å². The smallest absolute Gasteiger partial charge is 0.416 e. The van der Waals surface area contributed by atoms with Crippen LogP contribution < -0.4 is 15.4 Å². The second-order valence-electron chi connectivity index (χ2n) is 4.69. The van der Waals surface area contributed by atoms with Crippen LogP contribution in [0.4, 0.5) is 18.0 Å². The van der Waals surface area contributed by atoms with Gasteiger partial charge in [0, 0.05) is 19.5 Å². The van der Waals surface area contributed by atoms with Crippen molar-refractivity contribution in [1.82, 2.24) is 10.6 Å². The molecule has 1 aromatic rings. The van der Waals surface area contributed by atoms with Gasteiger partial charge < -0.3 is 20.1 Å². The minimum Gasteiger partial charge on any atom is -0.497 e. The minimum absolute atomic E-state index is 0.0272. The van der Waals surface area contributed by atoms with Crippen LogP contribution in [-0.2, 0) is 22.3 Å². The quantitative estimate of drug-likeness (QED) is 0.794. The molecule has 0 bridgehead atoms. The number of carbonyl (C=O) groups is 2. The molecule has 0 fully saturated rings. The molecular formula is C15H19F3N2O4. The first-order chi connectivity index (χ1) is 11.3. The van der Waals surface area contributed by atoms with Crippen molar-refractivity contribution in [2.75, 3.05) is 20.3 Å². The van der Waals surface area contributed by atoms with E-state index < -0.39 is 23.7 Å². The van der Waals surface area contributed by atoms with Gasteiger partial charge in [0.05, 0.1) is 19.3 Å². The molecule has 0 saturated heterocycles. The number of alkyl carbamates (subject to hydrolysis) is 1. The van der Waals surface area contributed by atoms with E-state index in [0.29, 0.717) is 0 Å². The van der Waals surface area contributed by atoms with Crippen LogP contribution in [0.5, 0.6) is 5.75 Å². The monoisotopic (exact) mass is 348 g/mol. The van der Waals surface area contributed by atoms with E-state index in [2.05, 4.69) is 15.4 Å². The maximum Gasteiger partial charge on any atom is 0.416 e. The third kappa shape index (κ3) is 6.35. The highest BCUT2D eigenvalue weighted by Crippen LogP contribution is 2.34. The molecule has 0 radical (unpaired) electrons. The van der Waals surface area contributed by atoms with Gasteiger partial charge in [0.1, 0.15) is 5.75 Å². The summed E-state index contributed by atoms with van der Waals surface area (Å²) in [5.41, 5.74) is -0.943. The van der Waals surface area contributed by atoms with Crippen molar-refractivity contribution in [2.45, 2.75) is 26.1 Å². The summed E-state index contributed by atoms with van der Waals surface area (Å²) in [5.74, 6) is -0.410. The van der Waals surface area contributed by atoms with Gasteiger partial charge in [0.15, 0.2) is 0 Å². The minimum atomic E-state index is -4.56. The summed E-state index contributed by atoms with van der Waals surface area (Å²) in [5, 5.41) is 4.73. The predicted octanol–water partition coefficient (Wildman–Crippen LogP) is 2.47. The fourth-order valence-corrected chi connectivity index (χ4v) is 1.84. The maximum atomic E-state index is 13.0. The SMILES string of the molecule is CCOC(=O)NCCC(=O)NCc1ccc(OC)cc1C(F)(F)F. The van der Waals surface area contributed by atoms with Crippen LogP contribution in [-0.4, -0.2) is 32.3 Å². The van der Waals surface area contributed by atoms with E-state index in [0.717, 1.165) is 6.07 Å². The Morgan fingerprint density at radius 1 is 1.21 bits per heavy atom. The Morgan fingerprint density at radius 3 is 2.50 bits per heavy atom. The van der Waals surface area contributed by atoms with Crippen molar-refractivity contribution in [1.29, 1.82) is 0 Å². The first-order valence-corrected chi connectivity index (χ1v) is 7.19. The molecule has 24 heavy (non-hydrogen) atoms. The summed E-state index contributed by atoms with van der Waals surface area (Å²) in [6, 6.07) is 3.52. The standard InChI is InChI=1S/C15H19F3N2O4/c1-3-24-14(22)19-7-6-13(21)20-9-10-4-5-11(23-2)8-12(10)15(16,17)18/h4-5,8H,3,6-7,9H2,1-2H3,(H,19,22)(H,20,21). The zero-order chi connectivity index (χ0) is 18.2. The number of rotatable bonds is 7. The van der Waals surface area contributed by atoms with Gasteiger partial charge in [-0.15, -0.1) is 0 Å². The van der Waals surface area contributed by atoms with Crippen LogP contribution in [0.1, 0.15) is 24.5 Å². The van der Waals surface area contributed by atoms with Crippen LogP contribution in [0.25, 0.3) is 0 Å². The normalized spacial score (nSPS) is 10.9. The summed E-state index contributed by atoms with van der Waals surface area (Å²) < 4.78 is 48.5. The maximum absolute atomic E-state index is 13.0. The Kier molecular flexibility index (Phi) is 7.34. The molecule has 6 nitrogen and oxygen atoms in total. The molecule has 1 rings (SSSR count). The molecule has 0 aliphatic carbocycles. The van der Waals surface area contributed by atoms with E-state index >= 15 is 0 Å². The molecule has 0 heterocycles. The molecule has 0 atom stereocenters. The van der Waals surface area contributed by atoms with E-state index in [4.69, 9.17) is 4.74 Å². The number of halogens is 3. The highest BCUT2D eigenvalue weighted by Gasteiger charge is 2.33. The topological polar surface area (TPSA) is 76.7 Å². The summed E-state index contributed by atoms with van der Waals surface area (Å²) in [6.07, 6.45) is -5.28. The first-order valence-electron chi connectivity index (χ1n) is 7.19. The second-order valence-corrected chi connectivity index (χ2v) is 4.69. The van der Waals surface area contributed by atoms with Gasteiger partial charge >= 0.3 is 12.3 Å². The Labute approximate surface area is 137 Å². The Bertz CT molecular complexity index is 576. The zero-order valence-corrected chi connectivity index (χ0v) is 13.3. The molecule has 0 spiro atoms. The van der Waals surface area contributed by atoms with E-state index in [1.54, 1.807) is 6.92 Å². The lowest BCUT2D eigenvalue weighted by Gasteiger charge is -2.15. The number of amides is 2. The average molecular weight is 348 g/mol. The zero-order valence-electron chi connectivity index (χ0n) is 13.3. The number of methoxy groups -OCH3 is 1. The molecule has 0 unspecified atom stereocenters. The summed E-state index contributed by atoms with van der Waals surface area (Å²) in [6.45, 7) is 1.59. The van der Waals surface area contributed by atoms with Gasteiger partial charge in [-0.25, -0.2) is 4.79 Å². The second kappa shape index (κ2) is 8.99. The van der Waals surface area contributed by atoms with Crippen molar-refractivity contribution in [2.24, 2.45) is 0 Å². The number of hydrogen-bond acceptors (Lipinski definition) is 4. The number of nitrogens with one attached hydrogen (secondary N) is 2. The summed E-state index contributed by atoms with van der Waals surface area (Å²) in [4.78, 5) is 22.6. The average Bonchev–Trinajstić information content (AvgIpc) is 2.52. The van der Waals surface area contributed by atoms with Gasteiger partial charge in [-0.05, 0) is 24.6 Å². The summed E-state index contributed by atoms with van der Waals surface area (Å²) >= 11 is 0. The summed E-state index contributed by atoms with van der Waals surface area (Å²) in [7, 11) is 1.27. The molecule has 9 heteroatoms. The number of alkyl halides is 3. The molecule has 0 aliphatic rings. The lowest BCUT2D eigenvalue weighted by atomic mass is 10.1. The van der Waals surface area contributed by atoms with Crippen molar-refractivity contribution < 1.29 is 32.2 Å². The van der Waals surface area contributed by atoms with Gasteiger partial charge in [0.2, 0.25) is 5.91 Å². The lowest BCUT2D eigenvalue weighted by molar-refractivity contribution is -0.138. The Morgan fingerprint density at radius 2 is 1.92 bits per heavy atom. The molecule has 0 aromatic heterocycles. The van der Waals surface area contributed by atoms with E-state index in [9.17, 15) is 22.8 Å². The van der Waals surface area contributed by atoms with Gasteiger partial charge in [0.25, 0.3) is 0 Å². The highest BCUT2D eigenvalue weighted by molar-refractivity contribution is 5.77. The fraction of sp³-hybridized carbons (Fsp3) is 0.467. The van der Waals surface area contributed by atoms with E-state index in [1.165, 1.54) is 19.2 Å². The molecule has 2 N–H and O–H groups in total. The van der Waals surface area contributed by atoms with Crippen LogP contribution in [0.3, 0.4) is 0 Å². The Hall–Kier alpha value is -2.45. The third-order valence-electron chi connectivity index (χ3n) is 3.00. The molecule has 0 saturated carbocycles. The number of ether oxygens (including phenoxy) is 2. The van der Waals surface area contributed by atoms with Gasteiger partial charge in [-0.3, -0.25) is 4.79 Å². The van der Waals surface area contributed by atoms with E-state index in [1.807, 2.05) is 0 Å². The van der Waals surface area contributed by atoms with E-state index in [-0.39, 0.29) is 37.4 Å². The fourth-order valence-electron chi connectivity index (χ4n) is 1.84. The number of benzene rings is 1. The molecule has 134 valence electrons. The van der Waals surface area contributed by atoms with Gasteiger partial charge in [-0.1, -0.05) is 6.07 Å². The number of hydrogen-bond donors (Lipinski definition) is 2. The Balaban J connectivity index is 2.57. The molecule has 0 aliphatic heterocycles. The van der Waals surface area contributed by atoms with Crippen LogP contribution in [0.2, 0.25) is 0 Å². The third-order valence-corrected chi connectivity index (χ3v) is 3.00. The van der Waals surface area contributed by atoms with Crippen molar-refractivity contribution >= 4 is 12.0 Å². The molecule has 2 amide bonds. The van der Waals surface area contributed by atoms with Crippen molar-refractivity contribution in [3.8, 4) is 5.75 Å². The highest BCUT2D eigenvalue weighted by atomic mass is 19.4. The largest absolute Gasteiger partial charge is 0.497 e. The van der Waals surface area contributed by atoms with Crippen LogP contribution >= 0.6 is 0 Å². The predicted molar refractivity (Wildman–Crippen MR) is 79.5 cm³/mol. The van der Waals surface area contributed by atoms with Crippen molar-refractivity contribution in [3.05, 3.63) is 29.3 Å². The van der Waals surface area contributed by atoms with Crippen LogP contribution in [0, 0.1) is 0 Å². The van der Waals surface area contributed by atoms with Crippen LogP contribution in [0.15, 0.2) is 18.2 Å². The molecular weight excluding hydrogens is 329 g/mol. The van der Waals surface area contributed by atoms with Gasteiger partial charge in [-0.2, -0.15) is 13.2 Å². The first kappa shape index (κ1) is 19.6. The molecule has 1 aromatic carbocycles. The lowest BCUT2D eigenvalue weighted by Crippen LogP contribution is -2.31.